The molecule has 0 unspecified atom stereocenters. The summed E-state index contributed by atoms with van der Waals surface area (Å²) in [6.45, 7) is 2.79. The van der Waals surface area contributed by atoms with Crippen molar-refractivity contribution in [3.8, 4) is 0 Å². The van der Waals surface area contributed by atoms with Gasteiger partial charge in [-0.3, -0.25) is 4.79 Å². The van der Waals surface area contributed by atoms with Crippen molar-refractivity contribution in [3.05, 3.63) is 35.4 Å². The number of carboxylic acid groups (broad SMARTS) is 1. The predicted octanol–water partition coefficient (Wildman–Crippen LogP) is 1.65. The van der Waals surface area contributed by atoms with E-state index in [1.807, 2.05) is 31.2 Å². The van der Waals surface area contributed by atoms with Crippen molar-refractivity contribution in [2.24, 2.45) is 0 Å². The molecule has 0 heterocycles. The highest BCUT2D eigenvalue weighted by Gasteiger charge is 2.09. The second-order valence-electron chi connectivity index (χ2n) is 4.47. The van der Waals surface area contributed by atoms with Crippen molar-refractivity contribution in [2.75, 3.05) is 20.1 Å². The first-order valence-corrected chi connectivity index (χ1v) is 6.26. The Morgan fingerprint density at radius 3 is 2.63 bits per heavy atom. The normalized spacial score (nSPS) is 10.0. The molecule has 0 fully saturated rings. The van der Waals surface area contributed by atoms with Crippen molar-refractivity contribution < 1.29 is 14.7 Å². The van der Waals surface area contributed by atoms with E-state index >= 15 is 0 Å². The van der Waals surface area contributed by atoms with Crippen LogP contribution in [0.1, 0.15) is 17.5 Å². The number of carbonyl (C=O) groups is 2. The smallest absolute Gasteiger partial charge is 0.317 e. The number of nitrogens with one attached hydrogen (secondary N) is 1. The van der Waals surface area contributed by atoms with E-state index in [1.54, 1.807) is 7.05 Å². The minimum Gasteiger partial charge on any atom is -0.481 e. The number of benzene rings is 1. The molecule has 1 aromatic carbocycles. The van der Waals surface area contributed by atoms with Gasteiger partial charge in [0.25, 0.3) is 0 Å². The van der Waals surface area contributed by atoms with E-state index in [0.717, 1.165) is 6.42 Å². The van der Waals surface area contributed by atoms with Crippen LogP contribution in [-0.4, -0.2) is 42.1 Å². The van der Waals surface area contributed by atoms with E-state index in [-0.39, 0.29) is 19.0 Å². The number of rotatable bonds is 6. The maximum absolute atomic E-state index is 11.7. The van der Waals surface area contributed by atoms with Gasteiger partial charge in [-0.05, 0) is 24.5 Å². The van der Waals surface area contributed by atoms with E-state index in [1.165, 1.54) is 16.0 Å². The first kappa shape index (κ1) is 15.0. The van der Waals surface area contributed by atoms with Gasteiger partial charge in [-0.25, -0.2) is 4.79 Å². The van der Waals surface area contributed by atoms with Gasteiger partial charge in [0.1, 0.15) is 0 Å². The predicted molar refractivity (Wildman–Crippen MR) is 73.2 cm³/mol. The third-order valence-corrected chi connectivity index (χ3v) is 2.94. The zero-order valence-corrected chi connectivity index (χ0v) is 11.3. The van der Waals surface area contributed by atoms with Crippen LogP contribution in [0.2, 0.25) is 0 Å². The van der Waals surface area contributed by atoms with Gasteiger partial charge in [0, 0.05) is 20.1 Å². The number of aliphatic carboxylic acids is 1. The Balaban J connectivity index is 2.31. The van der Waals surface area contributed by atoms with Gasteiger partial charge < -0.3 is 15.3 Å². The lowest BCUT2D eigenvalue weighted by Crippen LogP contribution is -2.39. The van der Waals surface area contributed by atoms with Gasteiger partial charge >= 0.3 is 12.0 Å². The second-order valence-corrected chi connectivity index (χ2v) is 4.47. The lowest BCUT2D eigenvalue weighted by atomic mass is 10.1. The maximum atomic E-state index is 11.7. The lowest BCUT2D eigenvalue weighted by molar-refractivity contribution is -0.137. The molecule has 5 heteroatoms. The largest absolute Gasteiger partial charge is 0.481 e. The van der Waals surface area contributed by atoms with E-state index in [9.17, 15) is 9.59 Å². The monoisotopic (exact) mass is 264 g/mol. The van der Waals surface area contributed by atoms with Gasteiger partial charge in [-0.1, -0.05) is 24.3 Å². The first-order valence-electron chi connectivity index (χ1n) is 6.26. The van der Waals surface area contributed by atoms with Crippen LogP contribution in [0.15, 0.2) is 24.3 Å². The van der Waals surface area contributed by atoms with Crippen LogP contribution in [0.3, 0.4) is 0 Å². The molecule has 0 spiro atoms. The van der Waals surface area contributed by atoms with E-state index < -0.39 is 5.97 Å². The number of nitrogens with zero attached hydrogens (tertiary/aromatic N) is 1. The lowest BCUT2D eigenvalue weighted by Gasteiger charge is -2.17. The summed E-state index contributed by atoms with van der Waals surface area (Å²) in [5.41, 5.74) is 2.41. The van der Waals surface area contributed by atoms with Crippen molar-refractivity contribution in [1.82, 2.24) is 10.2 Å². The Morgan fingerprint density at radius 1 is 1.32 bits per heavy atom. The highest BCUT2D eigenvalue weighted by Crippen LogP contribution is 2.06. The minimum atomic E-state index is -0.903. The summed E-state index contributed by atoms with van der Waals surface area (Å²) in [7, 11) is 1.59. The Labute approximate surface area is 113 Å². The van der Waals surface area contributed by atoms with Crippen LogP contribution < -0.4 is 5.32 Å². The zero-order chi connectivity index (χ0) is 14.3. The number of carbonyl (C=O) groups excluding carboxylic acids is 1. The van der Waals surface area contributed by atoms with Crippen LogP contribution in [0.4, 0.5) is 4.79 Å². The average Bonchev–Trinajstić information content (AvgIpc) is 2.38. The first-order chi connectivity index (χ1) is 9.00. The number of hydrogen-bond donors (Lipinski definition) is 2. The summed E-state index contributed by atoms with van der Waals surface area (Å²) in [5.74, 6) is -0.903. The number of aryl methyl sites for hydroxylation is 1. The van der Waals surface area contributed by atoms with Crippen LogP contribution in [0.25, 0.3) is 0 Å². The Morgan fingerprint density at radius 2 is 2.00 bits per heavy atom. The fraction of sp³-hybridized carbons (Fsp3) is 0.429. The van der Waals surface area contributed by atoms with Gasteiger partial charge in [0.2, 0.25) is 0 Å². The molecule has 0 aliphatic carbocycles. The quantitative estimate of drug-likeness (QED) is 0.821. The van der Waals surface area contributed by atoms with Crippen molar-refractivity contribution in [3.63, 3.8) is 0 Å². The SMILES string of the molecule is Cc1ccccc1CCNC(=O)N(C)CCC(=O)O. The maximum Gasteiger partial charge on any atom is 0.317 e. The molecule has 1 aromatic rings. The summed E-state index contributed by atoms with van der Waals surface area (Å²) in [4.78, 5) is 23.4. The van der Waals surface area contributed by atoms with Crippen LogP contribution in [0, 0.1) is 6.92 Å². The number of urea groups is 1. The van der Waals surface area contributed by atoms with Crippen LogP contribution in [-0.2, 0) is 11.2 Å². The molecule has 1 rings (SSSR count). The highest BCUT2D eigenvalue weighted by molar-refractivity contribution is 5.74. The molecule has 0 aliphatic rings. The summed E-state index contributed by atoms with van der Waals surface area (Å²) in [6, 6.07) is 7.79. The summed E-state index contributed by atoms with van der Waals surface area (Å²) in [5, 5.41) is 11.3. The molecule has 0 atom stereocenters. The molecule has 0 aromatic heterocycles. The van der Waals surface area contributed by atoms with Crippen LogP contribution in [0.5, 0.6) is 0 Å². The zero-order valence-electron chi connectivity index (χ0n) is 11.3. The van der Waals surface area contributed by atoms with Gasteiger partial charge in [0.15, 0.2) is 0 Å². The summed E-state index contributed by atoms with van der Waals surface area (Å²) >= 11 is 0. The molecule has 0 aliphatic heterocycles. The molecule has 0 bridgehead atoms. The number of amides is 2. The molecule has 104 valence electrons. The van der Waals surface area contributed by atoms with Crippen molar-refractivity contribution >= 4 is 12.0 Å². The molecular weight excluding hydrogens is 244 g/mol. The molecule has 19 heavy (non-hydrogen) atoms. The third kappa shape index (κ3) is 5.42. The van der Waals surface area contributed by atoms with Crippen LogP contribution >= 0.6 is 0 Å². The van der Waals surface area contributed by atoms with E-state index in [4.69, 9.17) is 5.11 Å². The molecular formula is C14H20N2O3. The van der Waals surface area contributed by atoms with Gasteiger partial charge in [-0.2, -0.15) is 0 Å². The van der Waals surface area contributed by atoms with Crippen molar-refractivity contribution in [1.29, 1.82) is 0 Å². The number of hydrogen-bond acceptors (Lipinski definition) is 2. The fourth-order valence-electron chi connectivity index (χ4n) is 1.69. The van der Waals surface area contributed by atoms with Gasteiger partial charge in [0.05, 0.1) is 6.42 Å². The Hall–Kier alpha value is -2.04. The molecule has 0 radical (unpaired) electrons. The molecule has 2 amide bonds. The molecule has 5 nitrogen and oxygen atoms in total. The van der Waals surface area contributed by atoms with E-state index in [2.05, 4.69) is 5.32 Å². The molecule has 2 N–H and O–H groups in total. The molecule has 0 saturated heterocycles. The fourth-order valence-corrected chi connectivity index (χ4v) is 1.69. The van der Waals surface area contributed by atoms with Crippen molar-refractivity contribution in [2.45, 2.75) is 19.8 Å². The second kappa shape index (κ2) is 7.41. The topological polar surface area (TPSA) is 69.6 Å². The van der Waals surface area contributed by atoms with E-state index in [0.29, 0.717) is 6.54 Å². The van der Waals surface area contributed by atoms with Gasteiger partial charge in [-0.15, -0.1) is 0 Å². The summed E-state index contributed by atoms with van der Waals surface area (Å²) in [6.07, 6.45) is 0.729. The average molecular weight is 264 g/mol. The number of carboxylic acids is 1. The highest BCUT2D eigenvalue weighted by atomic mass is 16.4. The molecule has 0 saturated carbocycles. The Kier molecular flexibility index (Phi) is 5.85. The standard InChI is InChI=1S/C14H20N2O3/c1-11-5-3-4-6-12(11)7-9-15-14(19)16(2)10-8-13(17)18/h3-6H,7-10H2,1-2H3,(H,15,19)(H,17,18). The summed E-state index contributed by atoms with van der Waals surface area (Å²) < 4.78 is 0. The third-order valence-electron chi connectivity index (χ3n) is 2.94. The minimum absolute atomic E-state index is 0.0400. The Bertz CT molecular complexity index is 446.